The molecule has 1 aromatic carbocycles. The molecule has 2 aromatic rings. The number of hydrogen-bond donors (Lipinski definition) is 1. The summed E-state index contributed by atoms with van der Waals surface area (Å²) in [6.07, 6.45) is 0. The topological polar surface area (TPSA) is 12.0 Å². The third kappa shape index (κ3) is 2.79. The van der Waals surface area contributed by atoms with E-state index in [-0.39, 0.29) is 11.2 Å². The minimum Gasteiger partial charge on any atom is -0.319 e. The smallest absolute Gasteiger partial charge is 0.123 e. The zero-order valence-electron chi connectivity index (χ0n) is 11.0. The average Bonchev–Trinajstić information content (AvgIpc) is 2.78. The van der Waals surface area contributed by atoms with Gasteiger partial charge in [-0.1, -0.05) is 26.0 Å². The van der Waals surface area contributed by atoms with Crippen molar-refractivity contribution in [3.05, 3.63) is 47.1 Å². The SMILES string of the molecule is CNCC(C)(C)c1csc(-c2cccc(F)c2)c1. The molecule has 2 rings (SSSR count). The summed E-state index contributed by atoms with van der Waals surface area (Å²) in [5.74, 6) is -0.183. The van der Waals surface area contributed by atoms with Crippen LogP contribution in [0.1, 0.15) is 19.4 Å². The van der Waals surface area contributed by atoms with Crippen LogP contribution in [-0.2, 0) is 5.41 Å². The Morgan fingerprint density at radius 3 is 2.72 bits per heavy atom. The van der Waals surface area contributed by atoms with Gasteiger partial charge >= 0.3 is 0 Å². The van der Waals surface area contributed by atoms with Crippen molar-refractivity contribution in [2.75, 3.05) is 13.6 Å². The Labute approximate surface area is 112 Å². The van der Waals surface area contributed by atoms with Crippen LogP contribution < -0.4 is 5.32 Å². The highest BCUT2D eigenvalue weighted by atomic mass is 32.1. The molecule has 0 aliphatic rings. The third-order valence-electron chi connectivity index (χ3n) is 3.11. The van der Waals surface area contributed by atoms with E-state index in [9.17, 15) is 4.39 Å². The summed E-state index contributed by atoms with van der Waals surface area (Å²) in [4.78, 5) is 1.12. The van der Waals surface area contributed by atoms with Gasteiger partial charge in [0.1, 0.15) is 5.82 Å². The Kier molecular flexibility index (Phi) is 3.83. The Morgan fingerprint density at radius 1 is 1.28 bits per heavy atom. The fraction of sp³-hybridized carbons (Fsp3) is 0.333. The molecular formula is C15H18FNS. The first-order valence-electron chi connectivity index (χ1n) is 6.02. The molecule has 1 heterocycles. The second-order valence-electron chi connectivity index (χ2n) is 5.12. The van der Waals surface area contributed by atoms with Gasteiger partial charge in [-0.2, -0.15) is 0 Å². The molecule has 0 atom stereocenters. The van der Waals surface area contributed by atoms with Crippen LogP contribution in [0.4, 0.5) is 4.39 Å². The van der Waals surface area contributed by atoms with E-state index in [4.69, 9.17) is 0 Å². The Morgan fingerprint density at radius 2 is 2.06 bits per heavy atom. The van der Waals surface area contributed by atoms with Crippen LogP contribution in [0.3, 0.4) is 0 Å². The van der Waals surface area contributed by atoms with E-state index in [1.807, 2.05) is 13.1 Å². The molecule has 0 saturated carbocycles. The Hall–Kier alpha value is -1.19. The largest absolute Gasteiger partial charge is 0.319 e. The fourth-order valence-electron chi connectivity index (χ4n) is 2.03. The van der Waals surface area contributed by atoms with Crippen LogP contribution in [0, 0.1) is 5.82 Å². The highest BCUT2D eigenvalue weighted by Gasteiger charge is 2.21. The lowest BCUT2D eigenvalue weighted by Gasteiger charge is -2.23. The lowest BCUT2D eigenvalue weighted by atomic mass is 9.86. The summed E-state index contributed by atoms with van der Waals surface area (Å²) in [6, 6.07) is 8.92. The molecule has 0 aliphatic carbocycles. The zero-order chi connectivity index (χ0) is 13.2. The van der Waals surface area contributed by atoms with E-state index < -0.39 is 0 Å². The molecule has 3 heteroatoms. The summed E-state index contributed by atoms with van der Waals surface area (Å²) in [5, 5.41) is 5.37. The van der Waals surface area contributed by atoms with Gasteiger partial charge in [0.2, 0.25) is 0 Å². The fourth-order valence-corrected chi connectivity index (χ4v) is 3.13. The maximum Gasteiger partial charge on any atom is 0.123 e. The minimum atomic E-state index is -0.183. The number of likely N-dealkylation sites (N-methyl/N-ethyl adjacent to an activating group) is 1. The maximum absolute atomic E-state index is 13.2. The van der Waals surface area contributed by atoms with Crippen molar-refractivity contribution < 1.29 is 4.39 Å². The number of thiophene rings is 1. The first-order chi connectivity index (χ1) is 8.53. The molecule has 0 bridgehead atoms. The lowest BCUT2D eigenvalue weighted by molar-refractivity contribution is 0.496. The van der Waals surface area contributed by atoms with E-state index in [0.717, 1.165) is 17.0 Å². The van der Waals surface area contributed by atoms with E-state index in [1.54, 1.807) is 23.5 Å². The first kappa shape index (κ1) is 13.2. The zero-order valence-corrected chi connectivity index (χ0v) is 11.8. The normalized spacial score (nSPS) is 11.8. The van der Waals surface area contributed by atoms with Gasteiger partial charge in [-0.25, -0.2) is 4.39 Å². The molecular weight excluding hydrogens is 245 g/mol. The van der Waals surface area contributed by atoms with E-state index in [2.05, 4.69) is 30.6 Å². The molecule has 0 aliphatic heterocycles. The standard InChI is InChI=1S/C15H18FNS/c1-15(2,10-17-3)12-8-14(18-9-12)11-5-4-6-13(16)7-11/h4-9,17H,10H2,1-3H3. The van der Waals surface area contributed by atoms with Crippen molar-refractivity contribution in [3.8, 4) is 10.4 Å². The molecule has 0 fully saturated rings. The number of halogens is 1. The molecule has 1 aromatic heterocycles. The van der Waals surface area contributed by atoms with Crippen molar-refractivity contribution >= 4 is 11.3 Å². The van der Waals surface area contributed by atoms with E-state index >= 15 is 0 Å². The molecule has 0 radical (unpaired) electrons. The van der Waals surface area contributed by atoms with E-state index in [0.29, 0.717) is 0 Å². The van der Waals surface area contributed by atoms with Crippen LogP contribution in [0.25, 0.3) is 10.4 Å². The van der Waals surface area contributed by atoms with Crippen molar-refractivity contribution in [1.82, 2.24) is 5.32 Å². The van der Waals surface area contributed by atoms with Gasteiger partial charge < -0.3 is 5.32 Å². The summed E-state index contributed by atoms with van der Waals surface area (Å²) in [6.45, 7) is 5.34. The minimum absolute atomic E-state index is 0.0941. The van der Waals surface area contributed by atoms with Crippen LogP contribution in [0.2, 0.25) is 0 Å². The van der Waals surface area contributed by atoms with Crippen LogP contribution in [-0.4, -0.2) is 13.6 Å². The number of nitrogens with one attached hydrogen (secondary N) is 1. The van der Waals surface area contributed by atoms with Gasteiger partial charge in [-0.3, -0.25) is 0 Å². The number of benzene rings is 1. The van der Waals surface area contributed by atoms with Gasteiger partial charge in [-0.15, -0.1) is 11.3 Å². The first-order valence-corrected chi connectivity index (χ1v) is 6.90. The van der Waals surface area contributed by atoms with E-state index in [1.165, 1.54) is 11.6 Å². The molecule has 0 saturated heterocycles. The van der Waals surface area contributed by atoms with Crippen molar-refractivity contribution in [2.45, 2.75) is 19.3 Å². The quantitative estimate of drug-likeness (QED) is 0.877. The second kappa shape index (κ2) is 5.21. The Balaban J connectivity index is 2.31. The van der Waals surface area contributed by atoms with Crippen molar-refractivity contribution in [1.29, 1.82) is 0 Å². The number of rotatable bonds is 4. The molecule has 1 N–H and O–H groups in total. The molecule has 0 spiro atoms. The van der Waals surface area contributed by atoms with Gasteiger partial charge in [0.25, 0.3) is 0 Å². The van der Waals surface area contributed by atoms with Crippen LogP contribution in [0.5, 0.6) is 0 Å². The predicted molar refractivity (Wildman–Crippen MR) is 76.7 cm³/mol. The predicted octanol–water partition coefficient (Wildman–Crippen LogP) is 4.05. The average molecular weight is 263 g/mol. The summed E-state index contributed by atoms with van der Waals surface area (Å²) in [5.41, 5.74) is 2.34. The van der Waals surface area contributed by atoms with Gasteiger partial charge in [0, 0.05) is 16.8 Å². The van der Waals surface area contributed by atoms with Crippen LogP contribution >= 0.6 is 11.3 Å². The van der Waals surface area contributed by atoms with Crippen LogP contribution in [0.15, 0.2) is 35.7 Å². The van der Waals surface area contributed by atoms with Gasteiger partial charge in [-0.05, 0) is 41.8 Å². The summed E-state index contributed by atoms with van der Waals surface area (Å²) < 4.78 is 13.2. The summed E-state index contributed by atoms with van der Waals surface area (Å²) in [7, 11) is 1.96. The molecule has 1 nitrogen and oxygen atoms in total. The maximum atomic E-state index is 13.2. The molecule has 18 heavy (non-hydrogen) atoms. The second-order valence-corrected chi connectivity index (χ2v) is 6.04. The van der Waals surface area contributed by atoms with Crippen molar-refractivity contribution in [3.63, 3.8) is 0 Å². The van der Waals surface area contributed by atoms with Gasteiger partial charge in [0.15, 0.2) is 0 Å². The lowest BCUT2D eigenvalue weighted by Crippen LogP contribution is -2.30. The Bertz CT molecular complexity index is 531. The third-order valence-corrected chi connectivity index (χ3v) is 4.09. The molecule has 96 valence electrons. The number of hydrogen-bond acceptors (Lipinski definition) is 2. The highest BCUT2D eigenvalue weighted by Crippen LogP contribution is 2.33. The molecule has 0 unspecified atom stereocenters. The molecule has 0 amide bonds. The summed E-state index contributed by atoms with van der Waals surface area (Å²) >= 11 is 1.67. The van der Waals surface area contributed by atoms with Crippen molar-refractivity contribution in [2.24, 2.45) is 0 Å². The monoisotopic (exact) mass is 263 g/mol. The van der Waals surface area contributed by atoms with Gasteiger partial charge in [0.05, 0.1) is 0 Å². The highest BCUT2D eigenvalue weighted by molar-refractivity contribution is 7.13.